The van der Waals surface area contributed by atoms with E-state index in [1.54, 1.807) is 11.3 Å². The maximum atomic E-state index is 4.15. The summed E-state index contributed by atoms with van der Waals surface area (Å²) in [5.74, 6) is 0. The fraction of sp³-hybridized carbons (Fsp3) is 0.333. The molecule has 0 aliphatic carbocycles. The van der Waals surface area contributed by atoms with Gasteiger partial charge in [0.15, 0.2) is 0 Å². The number of rotatable bonds is 2. The molecule has 1 aromatic carbocycles. The maximum absolute atomic E-state index is 4.15. The zero-order chi connectivity index (χ0) is 12.5. The summed E-state index contributed by atoms with van der Waals surface area (Å²) in [7, 11) is 0. The molecule has 0 aliphatic rings. The van der Waals surface area contributed by atoms with Crippen molar-refractivity contribution in [3.05, 3.63) is 48.0 Å². The van der Waals surface area contributed by atoms with Crippen molar-refractivity contribution in [3.8, 4) is 10.4 Å². The summed E-state index contributed by atoms with van der Waals surface area (Å²) in [5, 5.41) is 0. The van der Waals surface area contributed by atoms with Gasteiger partial charge in [0, 0.05) is 6.20 Å². The fourth-order valence-corrected chi connectivity index (χ4v) is 2.64. The van der Waals surface area contributed by atoms with Crippen LogP contribution >= 0.6 is 11.3 Å². The molecule has 0 atom stereocenters. The average Bonchev–Trinajstić information content (AvgIpc) is 2.68. The van der Waals surface area contributed by atoms with Crippen LogP contribution in [0.25, 0.3) is 10.4 Å². The van der Waals surface area contributed by atoms with E-state index in [1.165, 1.54) is 16.0 Å². The number of aromatic nitrogens is 1. The molecule has 1 heterocycles. The van der Waals surface area contributed by atoms with E-state index in [2.05, 4.69) is 50.9 Å². The topological polar surface area (TPSA) is 12.9 Å². The van der Waals surface area contributed by atoms with E-state index in [-0.39, 0.29) is 0 Å². The normalized spacial score (nSPS) is 11.8. The van der Waals surface area contributed by atoms with Crippen LogP contribution in [-0.2, 0) is 6.42 Å². The summed E-state index contributed by atoms with van der Waals surface area (Å²) in [6.07, 6.45) is 2.98. The van der Waals surface area contributed by atoms with Gasteiger partial charge in [-0.15, -0.1) is 11.3 Å². The van der Waals surface area contributed by atoms with Crippen molar-refractivity contribution in [2.45, 2.75) is 27.2 Å². The van der Waals surface area contributed by atoms with Crippen LogP contribution in [0.3, 0.4) is 0 Å². The van der Waals surface area contributed by atoms with Gasteiger partial charge >= 0.3 is 0 Å². The lowest BCUT2D eigenvalue weighted by Crippen LogP contribution is -2.09. The monoisotopic (exact) mass is 244 g/mol. The molecule has 0 spiro atoms. The van der Waals surface area contributed by atoms with Crippen LogP contribution in [-0.4, -0.2) is 4.98 Å². The lowest BCUT2D eigenvalue weighted by atomic mass is 9.87. The lowest BCUT2D eigenvalue weighted by Gasteiger charge is -2.18. The van der Waals surface area contributed by atoms with Crippen molar-refractivity contribution in [1.82, 2.24) is 4.98 Å². The van der Waals surface area contributed by atoms with Crippen LogP contribution < -0.4 is 0 Å². The third-order valence-corrected chi connectivity index (χ3v) is 3.41. The van der Waals surface area contributed by atoms with Gasteiger partial charge in [0.05, 0.1) is 10.4 Å². The van der Waals surface area contributed by atoms with Gasteiger partial charge in [-0.3, -0.25) is 4.98 Å². The second-order valence-electron chi connectivity index (χ2n) is 5.59. The minimum absolute atomic E-state index is 0.318. The molecule has 1 nitrogen and oxygen atoms in total. The van der Waals surface area contributed by atoms with Crippen LogP contribution in [0.2, 0.25) is 0 Å². The largest absolute Gasteiger partial charge is 0.252 e. The summed E-state index contributed by atoms with van der Waals surface area (Å²) in [5.41, 5.74) is 5.83. The first-order chi connectivity index (χ1) is 7.96. The molecule has 2 rings (SSSR count). The zero-order valence-corrected chi connectivity index (χ0v) is 11.5. The van der Waals surface area contributed by atoms with E-state index in [0.29, 0.717) is 5.41 Å². The lowest BCUT2D eigenvalue weighted by molar-refractivity contribution is 0.411. The number of benzene rings is 1. The van der Waals surface area contributed by atoms with Gasteiger partial charge in [-0.1, -0.05) is 39.0 Å². The Morgan fingerprint density at radius 3 is 2.59 bits per heavy atom. The molecule has 1 aromatic heterocycles. The SMILES string of the molecule is [CH2]c1cc(CC(C)(C)C)ccc1-c1cncs1. The number of hydrogen-bond donors (Lipinski definition) is 0. The summed E-state index contributed by atoms with van der Waals surface area (Å²) in [6.45, 7) is 10.9. The van der Waals surface area contributed by atoms with Gasteiger partial charge in [-0.2, -0.15) is 0 Å². The van der Waals surface area contributed by atoms with Gasteiger partial charge in [-0.25, -0.2) is 0 Å². The molecule has 2 aromatic rings. The van der Waals surface area contributed by atoms with Gasteiger partial charge in [0.2, 0.25) is 0 Å². The van der Waals surface area contributed by atoms with E-state index in [1.807, 2.05) is 11.7 Å². The fourth-order valence-electron chi connectivity index (χ4n) is 1.96. The van der Waals surface area contributed by atoms with E-state index in [9.17, 15) is 0 Å². The van der Waals surface area contributed by atoms with E-state index in [4.69, 9.17) is 0 Å². The Balaban J connectivity index is 2.30. The molecule has 1 radical (unpaired) electrons. The smallest absolute Gasteiger partial charge is 0.0797 e. The standard InChI is InChI=1S/C15H18NS/c1-11-7-12(8-15(2,3)4)5-6-13(11)14-9-16-10-17-14/h5-7,9-10H,1,8H2,2-4H3. The Bertz CT molecular complexity index is 492. The third kappa shape index (κ3) is 3.16. The Labute approximate surface area is 108 Å². The van der Waals surface area contributed by atoms with E-state index < -0.39 is 0 Å². The first-order valence-corrected chi connectivity index (χ1v) is 6.67. The summed E-state index contributed by atoms with van der Waals surface area (Å²) < 4.78 is 0. The Hall–Kier alpha value is -1.15. The van der Waals surface area contributed by atoms with Crippen molar-refractivity contribution in [2.24, 2.45) is 5.41 Å². The molecule has 0 fully saturated rings. The Morgan fingerprint density at radius 2 is 2.06 bits per heavy atom. The molecule has 0 saturated heterocycles. The van der Waals surface area contributed by atoms with E-state index in [0.717, 1.165) is 12.0 Å². The second-order valence-corrected chi connectivity index (χ2v) is 6.48. The molecule has 0 amide bonds. The highest BCUT2D eigenvalue weighted by Crippen LogP contribution is 2.29. The van der Waals surface area contributed by atoms with Gasteiger partial charge in [0.1, 0.15) is 0 Å². The second kappa shape index (κ2) is 4.61. The molecule has 0 saturated carbocycles. The summed E-state index contributed by atoms with van der Waals surface area (Å²) in [6, 6.07) is 6.56. The molecule has 0 bridgehead atoms. The van der Waals surface area contributed by atoms with Crippen LogP contribution in [0, 0.1) is 12.3 Å². The van der Waals surface area contributed by atoms with Crippen molar-refractivity contribution in [2.75, 3.05) is 0 Å². The highest BCUT2D eigenvalue weighted by Gasteiger charge is 2.12. The van der Waals surface area contributed by atoms with E-state index >= 15 is 0 Å². The average molecular weight is 244 g/mol. The van der Waals surface area contributed by atoms with Crippen molar-refractivity contribution < 1.29 is 0 Å². The molecule has 17 heavy (non-hydrogen) atoms. The predicted octanol–water partition coefficient (Wildman–Crippen LogP) is 4.58. The first kappa shape index (κ1) is 12.3. The van der Waals surface area contributed by atoms with Gasteiger partial charge in [0.25, 0.3) is 0 Å². The highest BCUT2D eigenvalue weighted by molar-refractivity contribution is 7.13. The molecule has 0 aliphatic heterocycles. The van der Waals surface area contributed by atoms with Gasteiger partial charge in [-0.05, 0) is 35.4 Å². The molecular formula is C15H18NS. The maximum Gasteiger partial charge on any atom is 0.0797 e. The van der Waals surface area contributed by atoms with Crippen molar-refractivity contribution >= 4 is 11.3 Å². The first-order valence-electron chi connectivity index (χ1n) is 5.79. The molecular weight excluding hydrogens is 226 g/mol. The van der Waals surface area contributed by atoms with Crippen LogP contribution in [0.1, 0.15) is 31.9 Å². The van der Waals surface area contributed by atoms with Crippen molar-refractivity contribution in [3.63, 3.8) is 0 Å². The molecule has 2 heteroatoms. The quantitative estimate of drug-likeness (QED) is 0.753. The summed E-state index contributed by atoms with van der Waals surface area (Å²) in [4.78, 5) is 5.30. The third-order valence-electron chi connectivity index (χ3n) is 2.60. The minimum Gasteiger partial charge on any atom is -0.252 e. The number of hydrogen-bond acceptors (Lipinski definition) is 2. The Morgan fingerprint density at radius 1 is 1.29 bits per heavy atom. The predicted molar refractivity (Wildman–Crippen MR) is 75.2 cm³/mol. The van der Waals surface area contributed by atoms with Gasteiger partial charge < -0.3 is 0 Å². The number of thiazole rings is 1. The Kier molecular flexibility index (Phi) is 3.34. The highest BCUT2D eigenvalue weighted by atomic mass is 32.1. The zero-order valence-electron chi connectivity index (χ0n) is 10.7. The van der Waals surface area contributed by atoms with Crippen molar-refractivity contribution in [1.29, 1.82) is 0 Å². The number of nitrogens with zero attached hydrogens (tertiary/aromatic N) is 1. The van der Waals surface area contributed by atoms with Crippen LogP contribution in [0.5, 0.6) is 0 Å². The molecule has 0 unspecified atom stereocenters. The molecule has 0 N–H and O–H groups in total. The minimum atomic E-state index is 0.318. The van der Waals surface area contributed by atoms with Crippen LogP contribution in [0.4, 0.5) is 0 Å². The van der Waals surface area contributed by atoms with Crippen LogP contribution in [0.15, 0.2) is 29.9 Å². The summed E-state index contributed by atoms with van der Waals surface area (Å²) >= 11 is 1.66. The molecule has 89 valence electrons.